The zero-order valence-corrected chi connectivity index (χ0v) is 20.6. The second-order valence-corrected chi connectivity index (χ2v) is 13.7. The summed E-state index contributed by atoms with van der Waals surface area (Å²) in [6, 6.07) is 21.8. The Labute approximate surface area is 186 Å². The molecular weight excluding hydrogens is 397 g/mol. The van der Waals surface area contributed by atoms with E-state index >= 15 is 4.39 Å². The molecule has 4 rings (SSSR count). The smallest absolute Gasteiger partial charge is 0.206 e. The highest BCUT2D eigenvalue weighted by atomic mass is 28.3. The Hall–Kier alpha value is -2.78. The van der Waals surface area contributed by atoms with Crippen molar-refractivity contribution in [1.82, 2.24) is 0 Å². The number of hydrogen-bond acceptors (Lipinski definition) is 0. The van der Waals surface area contributed by atoms with Gasteiger partial charge < -0.3 is 0 Å². The van der Waals surface area contributed by atoms with Gasteiger partial charge in [0.25, 0.3) is 0 Å². The van der Waals surface area contributed by atoms with E-state index in [2.05, 4.69) is 86.1 Å². The molecule has 1 heterocycles. The Morgan fingerprint density at radius 1 is 0.774 bits per heavy atom. The van der Waals surface area contributed by atoms with Crippen LogP contribution in [0, 0.1) is 33.5 Å². The summed E-state index contributed by atoms with van der Waals surface area (Å²) in [5.74, 6) is -0.117. The van der Waals surface area contributed by atoms with E-state index in [0.29, 0.717) is 5.56 Å². The molecule has 0 fully saturated rings. The number of halogens is 1. The van der Waals surface area contributed by atoms with Gasteiger partial charge in [0, 0.05) is 13.0 Å². The molecule has 31 heavy (non-hydrogen) atoms. The first-order valence-electron chi connectivity index (χ1n) is 10.9. The molecule has 3 heteroatoms. The molecule has 0 bridgehead atoms. The van der Waals surface area contributed by atoms with Crippen molar-refractivity contribution in [2.75, 3.05) is 0 Å². The second-order valence-electron chi connectivity index (χ2n) is 9.31. The number of pyridine rings is 1. The van der Waals surface area contributed by atoms with Crippen LogP contribution in [-0.4, -0.2) is 8.07 Å². The Kier molecular flexibility index (Phi) is 5.34. The van der Waals surface area contributed by atoms with E-state index in [-0.39, 0.29) is 5.82 Å². The fraction of sp³-hybridized carbons (Fsp3) is 0.250. The summed E-state index contributed by atoms with van der Waals surface area (Å²) in [7, 11) is 0.218. The number of rotatable bonds is 3. The lowest BCUT2D eigenvalue weighted by Gasteiger charge is -2.24. The van der Waals surface area contributed by atoms with E-state index in [0.717, 1.165) is 33.5 Å². The number of fused-ring (bicyclic) bond motifs is 1. The maximum absolute atomic E-state index is 15.5. The highest BCUT2D eigenvalue weighted by Gasteiger charge is 2.29. The first-order chi connectivity index (χ1) is 14.6. The van der Waals surface area contributed by atoms with Crippen molar-refractivity contribution >= 4 is 29.2 Å². The fourth-order valence-corrected chi connectivity index (χ4v) is 7.00. The van der Waals surface area contributed by atoms with Crippen molar-refractivity contribution in [2.45, 2.75) is 40.8 Å². The first-order valence-corrected chi connectivity index (χ1v) is 13.9. The summed E-state index contributed by atoms with van der Waals surface area (Å²) < 4.78 is 17.6. The third-order valence-corrected chi connectivity index (χ3v) is 10.5. The van der Waals surface area contributed by atoms with Crippen LogP contribution in [0.2, 0.25) is 13.1 Å². The lowest BCUT2D eigenvalue weighted by atomic mass is 9.93. The predicted octanol–water partition coefficient (Wildman–Crippen LogP) is 5.53. The number of hydrogen-bond donors (Lipinski definition) is 0. The van der Waals surface area contributed by atoms with E-state index in [1.54, 1.807) is 0 Å². The van der Waals surface area contributed by atoms with Crippen LogP contribution in [0.5, 0.6) is 0 Å². The molecule has 0 saturated heterocycles. The number of aromatic nitrogens is 1. The lowest BCUT2D eigenvalue weighted by Crippen LogP contribution is -2.52. The van der Waals surface area contributed by atoms with Gasteiger partial charge in [0.05, 0.1) is 10.9 Å². The Morgan fingerprint density at radius 2 is 1.45 bits per heavy atom. The average Bonchev–Trinajstić information content (AvgIpc) is 2.75. The highest BCUT2D eigenvalue weighted by Crippen LogP contribution is 2.33. The van der Waals surface area contributed by atoms with Gasteiger partial charge in [-0.1, -0.05) is 72.0 Å². The zero-order valence-electron chi connectivity index (χ0n) is 19.6. The number of aryl methyl sites for hydroxylation is 3. The van der Waals surface area contributed by atoms with Gasteiger partial charge >= 0.3 is 0 Å². The SMILES string of the molecule is Cc1cc(C)c(F)c(-c2c3ccc([Si](C)(C)c4ccccc4)cc3cc(C)[n+]2C)c1C. The van der Waals surface area contributed by atoms with Crippen LogP contribution in [0.3, 0.4) is 0 Å². The largest absolute Gasteiger partial charge is 0.223 e. The molecule has 4 aromatic rings. The lowest BCUT2D eigenvalue weighted by molar-refractivity contribution is -0.665. The number of nitrogens with zero attached hydrogens (tertiary/aromatic N) is 1. The van der Waals surface area contributed by atoms with Gasteiger partial charge in [0.2, 0.25) is 5.69 Å². The Bertz CT molecular complexity index is 1280. The van der Waals surface area contributed by atoms with Crippen molar-refractivity contribution in [1.29, 1.82) is 0 Å². The minimum atomic E-state index is -1.82. The van der Waals surface area contributed by atoms with Gasteiger partial charge in [-0.2, -0.15) is 4.57 Å². The predicted molar refractivity (Wildman–Crippen MR) is 133 cm³/mol. The van der Waals surface area contributed by atoms with Crippen molar-refractivity contribution in [3.63, 3.8) is 0 Å². The molecule has 158 valence electrons. The molecule has 0 atom stereocenters. The molecule has 0 radical (unpaired) electrons. The second kappa shape index (κ2) is 7.72. The van der Waals surface area contributed by atoms with E-state index in [4.69, 9.17) is 0 Å². The van der Waals surface area contributed by atoms with E-state index in [1.165, 1.54) is 15.8 Å². The molecule has 0 aliphatic heterocycles. The maximum atomic E-state index is 15.5. The van der Waals surface area contributed by atoms with Gasteiger partial charge in [-0.3, -0.25) is 0 Å². The first kappa shape index (κ1) is 21.4. The molecule has 0 spiro atoms. The summed E-state index contributed by atoms with van der Waals surface area (Å²) in [6.07, 6.45) is 0. The summed E-state index contributed by atoms with van der Waals surface area (Å²) in [5.41, 5.74) is 5.63. The third-order valence-electron chi connectivity index (χ3n) is 6.95. The number of benzene rings is 3. The molecular formula is C28H31FNSi+. The summed E-state index contributed by atoms with van der Waals surface area (Å²) >= 11 is 0. The molecule has 3 aromatic carbocycles. The van der Waals surface area contributed by atoms with Crippen molar-refractivity contribution < 1.29 is 8.96 Å². The minimum Gasteiger partial charge on any atom is -0.206 e. The molecule has 0 saturated carbocycles. The molecule has 0 N–H and O–H groups in total. The van der Waals surface area contributed by atoms with Crippen LogP contribution >= 0.6 is 0 Å². The van der Waals surface area contributed by atoms with Crippen molar-refractivity contribution in [3.05, 3.63) is 88.9 Å². The minimum absolute atomic E-state index is 0.117. The summed E-state index contributed by atoms with van der Waals surface area (Å²) in [5, 5.41) is 5.09. The van der Waals surface area contributed by atoms with Crippen LogP contribution in [0.1, 0.15) is 22.4 Å². The van der Waals surface area contributed by atoms with Crippen LogP contribution < -0.4 is 14.9 Å². The molecule has 1 aromatic heterocycles. The van der Waals surface area contributed by atoms with Gasteiger partial charge in [0.15, 0.2) is 5.69 Å². The molecule has 0 amide bonds. The zero-order chi connectivity index (χ0) is 22.5. The van der Waals surface area contributed by atoms with E-state index in [1.807, 2.05) is 27.0 Å². The maximum Gasteiger partial charge on any atom is 0.223 e. The van der Waals surface area contributed by atoms with Gasteiger partial charge in [-0.05, 0) is 48.9 Å². The standard InChI is InChI=1S/C28H31FNSi/c1-18-15-19(2)27(29)26(21(18)4)28-25-14-13-24(17-22(25)16-20(3)30(28)5)31(6,7)23-11-9-8-10-12-23/h8-17H,1-7H3/q+1. The third kappa shape index (κ3) is 3.51. The highest BCUT2D eigenvalue weighted by molar-refractivity contribution is 7.00. The molecule has 0 aliphatic carbocycles. The normalized spacial score (nSPS) is 11.9. The fourth-order valence-electron chi connectivity index (χ4n) is 4.63. The topological polar surface area (TPSA) is 3.88 Å². The molecule has 0 aliphatic rings. The van der Waals surface area contributed by atoms with Crippen molar-refractivity contribution in [2.24, 2.45) is 7.05 Å². The van der Waals surface area contributed by atoms with Crippen LogP contribution in [0.15, 0.2) is 60.7 Å². The van der Waals surface area contributed by atoms with Crippen LogP contribution in [-0.2, 0) is 7.05 Å². The summed E-state index contributed by atoms with van der Waals surface area (Å²) in [6.45, 7) is 12.8. The van der Waals surface area contributed by atoms with E-state index in [9.17, 15) is 0 Å². The average molecular weight is 429 g/mol. The Morgan fingerprint density at radius 3 is 2.13 bits per heavy atom. The van der Waals surface area contributed by atoms with Crippen LogP contribution in [0.25, 0.3) is 22.0 Å². The van der Waals surface area contributed by atoms with E-state index < -0.39 is 8.07 Å². The quantitative estimate of drug-likeness (QED) is 0.298. The van der Waals surface area contributed by atoms with Crippen molar-refractivity contribution in [3.8, 4) is 11.3 Å². The molecule has 0 unspecified atom stereocenters. The summed E-state index contributed by atoms with van der Waals surface area (Å²) in [4.78, 5) is 0. The van der Waals surface area contributed by atoms with Gasteiger partial charge in [0.1, 0.15) is 20.9 Å². The monoisotopic (exact) mass is 428 g/mol. The van der Waals surface area contributed by atoms with Gasteiger partial charge in [-0.25, -0.2) is 4.39 Å². The van der Waals surface area contributed by atoms with Crippen LogP contribution in [0.4, 0.5) is 4.39 Å². The Balaban J connectivity index is 2.02. The van der Waals surface area contributed by atoms with Gasteiger partial charge in [-0.15, -0.1) is 0 Å². The molecule has 1 nitrogen and oxygen atoms in total.